The van der Waals surface area contributed by atoms with Gasteiger partial charge in [0.2, 0.25) is 5.95 Å². The van der Waals surface area contributed by atoms with Gasteiger partial charge in [0, 0.05) is 37.5 Å². The van der Waals surface area contributed by atoms with Crippen molar-refractivity contribution in [3.05, 3.63) is 60.7 Å². The van der Waals surface area contributed by atoms with Gasteiger partial charge in [0.1, 0.15) is 5.82 Å². The van der Waals surface area contributed by atoms with Crippen LogP contribution in [0.5, 0.6) is 0 Å². The zero-order valence-corrected chi connectivity index (χ0v) is 14.5. The van der Waals surface area contributed by atoms with Crippen molar-refractivity contribution in [1.29, 1.82) is 0 Å². The number of fused-ring (bicyclic) bond motifs is 1. The van der Waals surface area contributed by atoms with Crippen LogP contribution in [0.2, 0.25) is 0 Å². The number of hydrogen-bond donors (Lipinski definition) is 0. The van der Waals surface area contributed by atoms with Crippen LogP contribution in [0.15, 0.2) is 54.9 Å². The van der Waals surface area contributed by atoms with E-state index in [9.17, 15) is 0 Å². The lowest BCUT2D eigenvalue weighted by atomic mass is 10.3. The summed E-state index contributed by atoms with van der Waals surface area (Å²) in [5.41, 5.74) is 1.87. The third kappa shape index (κ3) is 2.92. The summed E-state index contributed by atoms with van der Waals surface area (Å²) in [6, 6.07) is 13.8. The van der Waals surface area contributed by atoms with Crippen LogP contribution in [0, 0.1) is 0 Å². The molecule has 0 radical (unpaired) electrons. The number of tetrazole rings is 1. The maximum atomic E-state index is 4.70. The quantitative estimate of drug-likeness (QED) is 0.546. The van der Waals surface area contributed by atoms with Crippen LogP contribution in [-0.2, 0) is 13.0 Å². The molecule has 134 valence electrons. The second-order valence-electron chi connectivity index (χ2n) is 6.28. The summed E-state index contributed by atoms with van der Waals surface area (Å²) in [6.45, 7) is 2.26. The molecule has 0 atom stereocenters. The summed E-state index contributed by atoms with van der Waals surface area (Å²) in [4.78, 5) is 11.0. The SMILES string of the molecule is c1ccc(-n2nnnc2N2CCc3nc(-c4cccnc4)nn3CC2)cc1. The van der Waals surface area contributed by atoms with Crippen molar-refractivity contribution in [3.63, 3.8) is 0 Å². The van der Waals surface area contributed by atoms with Crippen LogP contribution in [0.4, 0.5) is 5.95 Å². The maximum Gasteiger partial charge on any atom is 0.250 e. The molecule has 0 aliphatic carbocycles. The fourth-order valence-corrected chi connectivity index (χ4v) is 3.23. The number of anilines is 1. The van der Waals surface area contributed by atoms with Crippen molar-refractivity contribution >= 4 is 5.95 Å². The summed E-state index contributed by atoms with van der Waals surface area (Å²) in [5, 5.41) is 16.9. The van der Waals surface area contributed by atoms with E-state index in [-0.39, 0.29) is 0 Å². The number of rotatable bonds is 3. The first-order valence-electron chi connectivity index (χ1n) is 8.81. The molecule has 1 aliphatic heterocycles. The molecule has 0 N–H and O–H groups in total. The van der Waals surface area contributed by atoms with Gasteiger partial charge in [-0.1, -0.05) is 23.3 Å². The van der Waals surface area contributed by atoms with Crippen molar-refractivity contribution in [3.8, 4) is 17.1 Å². The molecule has 0 saturated carbocycles. The van der Waals surface area contributed by atoms with Crippen molar-refractivity contribution in [2.75, 3.05) is 18.0 Å². The third-order valence-corrected chi connectivity index (χ3v) is 4.59. The van der Waals surface area contributed by atoms with E-state index in [2.05, 4.69) is 30.5 Å². The third-order valence-electron chi connectivity index (χ3n) is 4.59. The molecule has 1 aromatic carbocycles. The van der Waals surface area contributed by atoms with Crippen LogP contribution in [0.3, 0.4) is 0 Å². The Labute approximate surface area is 155 Å². The van der Waals surface area contributed by atoms with Crippen molar-refractivity contribution < 1.29 is 0 Å². The van der Waals surface area contributed by atoms with Crippen LogP contribution >= 0.6 is 0 Å². The fraction of sp³-hybridized carbons (Fsp3) is 0.222. The van der Waals surface area contributed by atoms with Crippen LogP contribution in [-0.4, -0.2) is 53.0 Å². The van der Waals surface area contributed by atoms with E-state index < -0.39 is 0 Å². The molecule has 4 aromatic rings. The lowest BCUT2D eigenvalue weighted by Crippen LogP contribution is -2.29. The zero-order chi connectivity index (χ0) is 18.1. The predicted molar refractivity (Wildman–Crippen MR) is 98.3 cm³/mol. The van der Waals surface area contributed by atoms with Gasteiger partial charge < -0.3 is 4.90 Å². The first kappa shape index (κ1) is 15.6. The van der Waals surface area contributed by atoms with E-state index in [1.807, 2.05) is 47.1 Å². The Hall–Kier alpha value is -3.62. The van der Waals surface area contributed by atoms with Crippen LogP contribution in [0.1, 0.15) is 5.82 Å². The van der Waals surface area contributed by atoms with Gasteiger partial charge in [0.25, 0.3) is 0 Å². The van der Waals surface area contributed by atoms with Crippen molar-refractivity contribution in [2.24, 2.45) is 0 Å². The molecule has 5 rings (SSSR count). The van der Waals surface area contributed by atoms with Gasteiger partial charge in [-0.05, 0) is 34.7 Å². The first-order chi connectivity index (χ1) is 13.4. The molecule has 9 heteroatoms. The fourth-order valence-electron chi connectivity index (χ4n) is 3.23. The lowest BCUT2D eigenvalue weighted by molar-refractivity contribution is 0.606. The van der Waals surface area contributed by atoms with Gasteiger partial charge in [-0.2, -0.15) is 9.78 Å². The largest absolute Gasteiger partial charge is 0.337 e. The molecule has 9 nitrogen and oxygen atoms in total. The van der Waals surface area contributed by atoms with Crippen molar-refractivity contribution in [1.82, 2.24) is 40.0 Å². The summed E-state index contributed by atoms with van der Waals surface area (Å²) < 4.78 is 3.74. The summed E-state index contributed by atoms with van der Waals surface area (Å²) >= 11 is 0. The second-order valence-corrected chi connectivity index (χ2v) is 6.28. The Bertz CT molecular complexity index is 1010. The Morgan fingerprint density at radius 3 is 2.70 bits per heavy atom. The molecular weight excluding hydrogens is 342 g/mol. The monoisotopic (exact) mass is 359 g/mol. The van der Waals surface area contributed by atoms with Gasteiger partial charge in [0.05, 0.1) is 12.2 Å². The topological polar surface area (TPSA) is 90.4 Å². The second kappa shape index (κ2) is 6.60. The minimum Gasteiger partial charge on any atom is -0.337 e. The molecule has 4 heterocycles. The molecule has 27 heavy (non-hydrogen) atoms. The van der Waals surface area contributed by atoms with E-state index in [0.29, 0.717) is 0 Å². The average molecular weight is 359 g/mol. The van der Waals surface area contributed by atoms with Gasteiger partial charge in [0.15, 0.2) is 5.82 Å². The minimum atomic E-state index is 0.723. The Morgan fingerprint density at radius 1 is 0.926 bits per heavy atom. The molecular formula is C18H17N9. The summed E-state index contributed by atoms with van der Waals surface area (Å²) in [5.74, 6) is 2.43. The Morgan fingerprint density at radius 2 is 1.85 bits per heavy atom. The Kier molecular flexibility index (Phi) is 3.82. The normalized spacial score (nSPS) is 14.0. The standard InChI is InChI=1S/C18H17N9/c1-2-6-15(7-3-1)27-18(21-23-24-27)25-10-8-16-20-17(22-26(16)12-11-25)14-5-4-9-19-13-14/h1-7,9,13H,8,10-12H2. The smallest absolute Gasteiger partial charge is 0.250 e. The highest BCUT2D eigenvalue weighted by Crippen LogP contribution is 2.20. The number of para-hydroxylation sites is 1. The number of aromatic nitrogens is 8. The molecule has 0 amide bonds. The minimum absolute atomic E-state index is 0.723. The first-order valence-corrected chi connectivity index (χ1v) is 8.81. The molecule has 0 bridgehead atoms. The van der Waals surface area contributed by atoms with Gasteiger partial charge >= 0.3 is 0 Å². The van der Waals surface area contributed by atoms with Gasteiger partial charge in [-0.3, -0.25) is 4.98 Å². The molecule has 0 fully saturated rings. The molecule has 3 aromatic heterocycles. The number of pyridine rings is 1. The van der Waals surface area contributed by atoms with E-state index in [0.717, 1.165) is 54.9 Å². The highest BCUT2D eigenvalue weighted by Gasteiger charge is 2.22. The molecule has 0 spiro atoms. The number of benzene rings is 1. The van der Waals surface area contributed by atoms with E-state index in [4.69, 9.17) is 4.98 Å². The maximum absolute atomic E-state index is 4.70. The van der Waals surface area contributed by atoms with E-state index in [1.165, 1.54) is 0 Å². The predicted octanol–water partition coefficient (Wildman–Crippen LogP) is 1.38. The van der Waals surface area contributed by atoms with Crippen LogP contribution in [0.25, 0.3) is 17.1 Å². The highest BCUT2D eigenvalue weighted by molar-refractivity contribution is 5.52. The average Bonchev–Trinajstić information content (AvgIpc) is 3.33. The number of nitrogens with zero attached hydrogens (tertiary/aromatic N) is 9. The summed E-state index contributed by atoms with van der Waals surface area (Å²) in [6.07, 6.45) is 4.31. The van der Waals surface area contributed by atoms with E-state index >= 15 is 0 Å². The molecule has 1 aliphatic rings. The molecule has 0 unspecified atom stereocenters. The van der Waals surface area contributed by atoms with Gasteiger partial charge in [-0.15, -0.1) is 0 Å². The lowest BCUT2D eigenvalue weighted by Gasteiger charge is -2.20. The van der Waals surface area contributed by atoms with Gasteiger partial charge in [-0.25, -0.2) is 9.67 Å². The van der Waals surface area contributed by atoms with Crippen LogP contribution < -0.4 is 4.90 Å². The summed E-state index contributed by atoms with van der Waals surface area (Å²) in [7, 11) is 0. The van der Waals surface area contributed by atoms with Crippen molar-refractivity contribution in [2.45, 2.75) is 13.0 Å². The van der Waals surface area contributed by atoms with E-state index in [1.54, 1.807) is 17.1 Å². The number of hydrogen-bond acceptors (Lipinski definition) is 7. The highest BCUT2D eigenvalue weighted by atomic mass is 15.6. The molecule has 0 saturated heterocycles. The zero-order valence-electron chi connectivity index (χ0n) is 14.5. The Balaban J connectivity index is 1.39.